The average molecular weight is 439 g/mol. The van der Waals surface area contributed by atoms with E-state index in [2.05, 4.69) is 0 Å². The summed E-state index contributed by atoms with van der Waals surface area (Å²) in [5, 5.41) is 1.01. The molecule has 1 heterocycles. The van der Waals surface area contributed by atoms with Gasteiger partial charge in [0.15, 0.2) is 0 Å². The summed E-state index contributed by atoms with van der Waals surface area (Å²) in [5.41, 5.74) is 0. The Balaban J connectivity index is 1.69. The lowest BCUT2D eigenvalue weighted by molar-refractivity contribution is 0.0706. The van der Waals surface area contributed by atoms with E-state index in [9.17, 15) is 4.79 Å². The number of fused-ring (bicyclic) bond motifs is 1. The molecule has 1 aromatic heterocycles. The molecule has 5 nitrogen and oxygen atoms in total. The Labute approximate surface area is 179 Å². The minimum Gasteiger partial charge on any atom is -0.493 e. The fourth-order valence-electron chi connectivity index (χ4n) is 3.36. The van der Waals surface area contributed by atoms with Crippen LogP contribution in [0.3, 0.4) is 0 Å². The van der Waals surface area contributed by atoms with Gasteiger partial charge in [0.25, 0.3) is 0 Å². The minimum atomic E-state index is -2.50. The summed E-state index contributed by atoms with van der Waals surface area (Å²) in [7, 11) is -2.50. The first-order valence-electron chi connectivity index (χ1n) is 10.7. The predicted molar refractivity (Wildman–Crippen MR) is 122 cm³/mol. The quantitative estimate of drug-likeness (QED) is 0.266. The third-order valence-corrected chi connectivity index (χ3v) is 8.64. The Morgan fingerprint density at radius 1 is 0.862 bits per heavy atom. The summed E-state index contributed by atoms with van der Waals surface area (Å²) < 4.78 is 24.6. The van der Waals surface area contributed by atoms with E-state index < -0.39 is 8.80 Å². The van der Waals surface area contributed by atoms with Gasteiger partial charge in [-0.2, -0.15) is 0 Å². The highest BCUT2D eigenvalue weighted by atomic mass is 32.1. The molecule has 0 bridgehead atoms. The van der Waals surface area contributed by atoms with Crippen LogP contribution in [0.4, 0.5) is 0 Å². The Kier molecular flexibility index (Phi) is 10.9. The molecule has 7 heteroatoms. The zero-order chi connectivity index (χ0) is 21.0. The van der Waals surface area contributed by atoms with Crippen molar-refractivity contribution < 1.29 is 18.0 Å². The molecule has 0 saturated heterocycles. The lowest BCUT2D eigenvalue weighted by Crippen LogP contribution is -2.45. The summed E-state index contributed by atoms with van der Waals surface area (Å²) in [5.74, 6) is 0.699. The first-order valence-corrected chi connectivity index (χ1v) is 13.5. The smallest absolute Gasteiger partial charge is 0.493 e. The summed E-state index contributed by atoms with van der Waals surface area (Å²) in [6.45, 7) is 8.49. The Morgan fingerprint density at radius 2 is 1.48 bits per heavy atom. The molecule has 2 rings (SSSR count). The molecule has 2 aromatic rings. The second-order valence-corrected chi connectivity index (χ2v) is 10.6. The van der Waals surface area contributed by atoms with Crippen molar-refractivity contribution in [2.75, 3.05) is 26.4 Å². The lowest BCUT2D eigenvalue weighted by atomic mass is 10.2. The SMILES string of the molecule is CCO[Si](CCCCCCCOc1cc(=O)sc2ccccc12)(OCC)OCC. The molecular weight excluding hydrogens is 404 g/mol. The summed E-state index contributed by atoms with van der Waals surface area (Å²) in [6.07, 6.45) is 5.40. The topological polar surface area (TPSA) is 54.0 Å². The fourth-order valence-corrected chi connectivity index (χ4v) is 6.85. The highest BCUT2D eigenvalue weighted by Crippen LogP contribution is 2.26. The van der Waals surface area contributed by atoms with E-state index in [4.69, 9.17) is 18.0 Å². The molecule has 0 unspecified atom stereocenters. The van der Waals surface area contributed by atoms with Crippen molar-refractivity contribution in [2.24, 2.45) is 0 Å². The monoisotopic (exact) mass is 438 g/mol. The molecule has 0 atom stereocenters. The van der Waals surface area contributed by atoms with E-state index in [1.54, 1.807) is 6.07 Å². The van der Waals surface area contributed by atoms with Crippen molar-refractivity contribution in [2.45, 2.75) is 58.9 Å². The van der Waals surface area contributed by atoms with Crippen molar-refractivity contribution in [1.82, 2.24) is 0 Å². The van der Waals surface area contributed by atoms with Gasteiger partial charge in [0.1, 0.15) is 5.75 Å². The molecule has 162 valence electrons. The molecule has 0 spiro atoms. The van der Waals surface area contributed by atoms with Crippen LogP contribution < -0.4 is 9.48 Å². The molecule has 0 aliphatic carbocycles. The first-order chi connectivity index (χ1) is 14.1. The maximum Gasteiger partial charge on any atom is 0.500 e. The largest absolute Gasteiger partial charge is 0.500 e. The van der Waals surface area contributed by atoms with Crippen LogP contribution in [0.25, 0.3) is 10.1 Å². The van der Waals surface area contributed by atoms with Crippen molar-refractivity contribution in [3.63, 3.8) is 0 Å². The maximum atomic E-state index is 11.8. The van der Waals surface area contributed by atoms with E-state index in [1.165, 1.54) is 11.3 Å². The minimum absolute atomic E-state index is 0.0317. The van der Waals surface area contributed by atoms with Crippen LogP contribution in [0.1, 0.15) is 52.9 Å². The Morgan fingerprint density at radius 3 is 2.17 bits per heavy atom. The van der Waals surface area contributed by atoms with Crippen molar-refractivity contribution in [1.29, 1.82) is 0 Å². The number of hydrogen-bond donors (Lipinski definition) is 0. The number of hydrogen-bond acceptors (Lipinski definition) is 6. The predicted octanol–water partition coefficient (Wildman–Crippen LogP) is 5.64. The molecule has 0 saturated carbocycles. The zero-order valence-electron chi connectivity index (χ0n) is 17.9. The maximum absolute atomic E-state index is 11.8. The molecule has 0 N–H and O–H groups in total. The molecule has 0 fully saturated rings. The second-order valence-electron chi connectivity index (χ2n) is 6.77. The molecule has 0 aliphatic heterocycles. The average Bonchev–Trinajstić information content (AvgIpc) is 2.70. The van der Waals surface area contributed by atoms with Crippen LogP contribution in [-0.4, -0.2) is 35.2 Å². The third-order valence-electron chi connectivity index (χ3n) is 4.59. The van der Waals surface area contributed by atoms with Gasteiger partial charge >= 0.3 is 8.80 Å². The van der Waals surface area contributed by atoms with Crippen LogP contribution in [-0.2, 0) is 13.3 Å². The Bertz CT molecular complexity index is 762. The van der Waals surface area contributed by atoms with Crippen LogP contribution in [0.15, 0.2) is 35.1 Å². The zero-order valence-corrected chi connectivity index (χ0v) is 19.7. The highest BCUT2D eigenvalue weighted by Gasteiger charge is 2.39. The van der Waals surface area contributed by atoms with Gasteiger partial charge in [-0.05, 0) is 45.7 Å². The molecule has 0 aliphatic rings. The number of benzene rings is 1. The van der Waals surface area contributed by atoms with Gasteiger partial charge in [-0.25, -0.2) is 0 Å². The van der Waals surface area contributed by atoms with Gasteiger partial charge in [-0.15, -0.1) is 0 Å². The first kappa shape index (κ1) is 24.0. The standard InChI is InChI=1S/C22H34O5SSi/c1-4-25-29(26-5-2,27-6-3)17-13-9-7-8-12-16-24-20-18-22(23)28-21-15-11-10-14-19(20)21/h10-11,14-15,18H,4-9,12-13,16-17H2,1-3H3. The molecule has 1 aromatic carbocycles. The van der Waals surface area contributed by atoms with Gasteiger partial charge in [0, 0.05) is 42.0 Å². The lowest BCUT2D eigenvalue weighted by Gasteiger charge is -2.28. The van der Waals surface area contributed by atoms with Gasteiger partial charge in [0.05, 0.1) is 6.61 Å². The molecule has 29 heavy (non-hydrogen) atoms. The van der Waals surface area contributed by atoms with Crippen LogP contribution >= 0.6 is 11.3 Å². The normalized spacial score (nSPS) is 11.8. The van der Waals surface area contributed by atoms with Crippen molar-refractivity contribution in [3.8, 4) is 5.75 Å². The van der Waals surface area contributed by atoms with Gasteiger partial charge in [-0.1, -0.05) is 42.7 Å². The number of rotatable bonds is 15. The van der Waals surface area contributed by atoms with Gasteiger partial charge in [0.2, 0.25) is 4.74 Å². The molecule has 0 radical (unpaired) electrons. The van der Waals surface area contributed by atoms with E-state index in [0.29, 0.717) is 32.2 Å². The van der Waals surface area contributed by atoms with Crippen LogP contribution in [0.2, 0.25) is 6.04 Å². The summed E-state index contributed by atoms with van der Waals surface area (Å²) in [6, 6.07) is 10.4. The number of ether oxygens (including phenoxy) is 1. The second kappa shape index (κ2) is 13.1. The van der Waals surface area contributed by atoms with E-state index >= 15 is 0 Å². The van der Waals surface area contributed by atoms with Crippen molar-refractivity contribution in [3.05, 3.63) is 39.9 Å². The number of unbranched alkanes of at least 4 members (excludes halogenated alkanes) is 4. The van der Waals surface area contributed by atoms with E-state index in [0.717, 1.165) is 48.2 Å². The third kappa shape index (κ3) is 7.83. The molecular formula is C22H34O5SSi. The van der Waals surface area contributed by atoms with Gasteiger partial charge < -0.3 is 18.0 Å². The summed E-state index contributed by atoms with van der Waals surface area (Å²) >= 11 is 1.26. The Hall–Kier alpha value is -1.25. The van der Waals surface area contributed by atoms with Crippen LogP contribution in [0, 0.1) is 0 Å². The molecule has 0 amide bonds. The summed E-state index contributed by atoms with van der Waals surface area (Å²) in [4.78, 5) is 11.8. The van der Waals surface area contributed by atoms with E-state index in [1.807, 2.05) is 45.0 Å². The highest BCUT2D eigenvalue weighted by molar-refractivity contribution is 7.16. The van der Waals surface area contributed by atoms with Crippen LogP contribution in [0.5, 0.6) is 5.75 Å². The van der Waals surface area contributed by atoms with Crippen molar-refractivity contribution >= 4 is 30.2 Å². The van der Waals surface area contributed by atoms with E-state index in [-0.39, 0.29) is 4.74 Å². The van der Waals surface area contributed by atoms with Gasteiger partial charge in [-0.3, -0.25) is 4.79 Å². The fraction of sp³-hybridized carbons (Fsp3) is 0.591.